The van der Waals surface area contributed by atoms with Gasteiger partial charge in [0.2, 0.25) is 0 Å². The van der Waals surface area contributed by atoms with Gasteiger partial charge in [0.05, 0.1) is 0 Å². The number of aryl methyl sites for hydroxylation is 1. The predicted octanol–water partition coefficient (Wildman–Crippen LogP) is 2.82. The lowest BCUT2D eigenvalue weighted by atomic mass is 10.2. The van der Waals surface area contributed by atoms with Crippen molar-refractivity contribution < 1.29 is 9.53 Å². The minimum Gasteiger partial charge on any atom is -0.484 e. The highest BCUT2D eigenvalue weighted by molar-refractivity contribution is 5.77. The van der Waals surface area contributed by atoms with Crippen LogP contribution in [0.5, 0.6) is 5.75 Å². The maximum atomic E-state index is 12.2. The number of carbonyl (C=O) groups is 1. The minimum atomic E-state index is -0.0260. The number of rotatable bonds is 6. The molecular weight excluding hydrogens is 264 g/mol. The van der Waals surface area contributed by atoms with Gasteiger partial charge in [0.1, 0.15) is 5.75 Å². The second-order valence-corrected chi connectivity index (χ2v) is 4.87. The molecule has 1 heterocycles. The van der Waals surface area contributed by atoms with Crippen LogP contribution in [0.2, 0.25) is 0 Å². The molecule has 1 aromatic carbocycles. The largest absolute Gasteiger partial charge is 0.484 e. The van der Waals surface area contributed by atoms with Crippen molar-refractivity contribution in [2.24, 2.45) is 0 Å². The molecule has 1 aromatic heterocycles. The first kappa shape index (κ1) is 15.0. The fourth-order valence-electron chi connectivity index (χ4n) is 1.96. The number of likely N-dealkylation sites (N-methyl/N-ethyl adjacent to an activating group) is 1. The van der Waals surface area contributed by atoms with Crippen LogP contribution in [0.25, 0.3) is 0 Å². The van der Waals surface area contributed by atoms with E-state index >= 15 is 0 Å². The second-order valence-electron chi connectivity index (χ2n) is 4.87. The lowest BCUT2D eigenvalue weighted by Crippen LogP contribution is -2.34. The molecule has 0 aliphatic heterocycles. The zero-order valence-electron chi connectivity index (χ0n) is 12.5. The van der Waals surface area contributed by atoms with E-state index in [2.05, 4.69) is 4.98 Å². The van der Waals surface area contributed by atoms with E-state index in [-0.39, 0.29) is 12.5 Å². The van der Waals surface area contributed by atoms with Gasteiger partial charge in [-0.05, 0) is 37.6 Å². The average Bonchev–Trinajstić information content (AvgIpc) is 2.52. The van der Waals surface area contributed by atoms with Gasteiger partial charge in [-0.1, -0.05) is 23.8 Å². The Balaban J connectivity index is 1.89. The van der Waals surface area contributed by atoms with Crippen LogP contribution in [0.1, 0.15) is 18.1 Å². The highest BCUT2D eigenvalue weighted by Crippen LogP contribution is 2.12. The second kappa shape index (κ2) is 7.43. The quantitative estimate of drug-likeness (QED) is 0.819. The number of aromatic nitrogens is 1. The molecule has 4 heteroatoms. The molecule has 4 nitrogen and oxygen atoms in total. The van der Waals surface area contributed by atoms with Crippen molar-refractivity contribution >= 4 is 5.91 Å². The van der Waals surface area contributed by atoms with Crippen LogP contribution in [0, 0.1) is 6.92 Å². The molecular formula is C17H20N2O2. The summed E-state index contributed by atoms with van der Waals surface area (Å²) in [6, 6.07) is 11.5. The lowest BCUT2D eigenvalue weighted by Gasteiger charge is -2.21. The fraction of sp³-hybridized carbons (Fsp3) is 0.294. The summed E-state index contributed by atoms with van der Waals surface area (Å²) in [7, 11) is 0. The third-order valence-electron chi connectivity index (χ3n) is 3.21. The number of benzene rings is 1. The summed E-state index contributed by atoms with van der Waals surface area (Å²) in [5.41, 5.74) is 2.18. The minimum absolute atomic E-state index is 0.0260. The van der Waals surface area contributed by atoms with E-state index in [1.807, 2.05) is 50.2 Å². The fourth-order valence-corrected chi connectivity index (χ4v) is 1.96. The van der Waals surface area contributed by atoms with Crippen molar-refractivity contribution in [1.29, 1.82) is 0 Å². The van der Waals surface area contributed by atoms with Crippen LogP contribution in [-0.4, -0.2) is 28.9 Å². The van der Waals surface area contributed by atoms with E-state index in [9.17, 15) is 4.79 Å². The van der Waals surface area contributed by atoms with Crippen LogP contribution in [0.15, 0.2) is 48.8 Å². The highest BCUT2D eigenvalue weighted by Gasteiger charge is 2.13. The van der Waals surface area contributed by atoms with Crippen LogP contribution < -0.4 is 4.74 Å². The van der Waals surface area contributed by atoms with Gasteiger partial charge in [0.15, 0.2) is 6.61 Å². The molecule has 2 rings (SSSR count). The lowest BCUT2D eigenvalue weighted by molar-refractivity contribution is -0.133. The zero-order valence-corrected chi connectivity index (χ0v) is 12.5. The molecule has 0 radical (unpaired) electrons. The number of nitrogens with zero attached hydrogens (tertiary/aromatic N) is 2. The Bertz CT molecular complexity index is 567. The molecule has 1 amide bonds. The smallest absolute Gasteiger partial charge is 0.260 e. The Hall–Kier alpha value is -2.36. The Morgan fingerprint density at radius 3 is 2.62 bits per heavy atom. The van der Waals surface area contributed by atoms with Gasteiger partial charge in [0.25, 0.3) is 5.91 Å². The van der Waals surface area contributed by atoms with Gasteiger partial charge < -0.3 is 9.64 Å². The van der Waals surface area contributed by atoms with Gasteiger partial charge in [-0.15, -0.1) is 0 Å². The summed E-state index contributed by atoms with van der Waals surface area (Å²) in [5.74, 6) is 0.688. The zero-order chi connectivity index (χ0) is 15.1. The average molecular weight is 284 g/mol. The van der Waals surface area contributed by atoms with Crippen molar-refractivity contribution in [3.63, 3.8) is 0 Å². The third-order valence-corrected chi connectivity index (χ3v) is 3.21. The Kier molecular flexibility index (Phi) is 5.32. The molecule has 0 spiro atoms. The van der Waals surface area contributed by atoms with E-state index in [0.717, 1.165) is 5.56 Å². The molecule has 0 bridgehead atoms. The molecule has 0 saturated heterocycles. The van der Waals surface area contributed by atoms with Crippen molar-refractivity contribution in [3.8, 4) is 5.75 Å². The third kappa shape index (κ3) is 4.60. The number of ether oxygens (including phenoxy) is 1. The monoisotopic (exact) mass is 284 g/mol. The molecule has 0 fully saturated rings. The van der Waals surface area contributed by atoms with Crippen LogP contribution in [-0.2, 0) is 11.3 Å². The summed E-state index contributed by atoms with van der Waals surface area (Å²) in [6.07, 6.45) is 3.50. The summed E-state index contributed by atoms with van der Waals surface area (Å²) in [5, 5.41) is 0. The molecule has 0 aliphatic rings. The number of pyridine rings is 1. The van der Waals surface area contributed by atoms with Gasteiger partial charge in [0, 0.05) is 25.5 Å². The van der Waals surface area contributed by atoms with Crippen LogP contribution in [0.4, 0.5) is 0 Å². The Morgan fingerprint density at radius 2 is 2.00 bits per heavy atom. The van der Waals surface area contributed by atoms with Crippen molar-refractivity contribution in [3.05, 3.63) is 59.9 Å². The Labute approximate surface area is 125 Å². The maximum absolute atomic E-state index is 12.2. The topological polar surface area (TPSA) is 42.4 Å². The SMILES string of the molecule is CCN(Cc1cccnc1)C(=O)COc1ccc(C)cc1. The molecule has 0 aliphatic carbocycles. The first-order valence-corrected chi connectivity index (χ1v) is 7.05. The Morgan fingerprint density at radius 1 is 1.24 bits per heavy atom. The number of carbonyl (C=O) groups excluding carboxylic acids is 1. The van der Waals surface area contributed by atoms with E-state index in [4.69, 9.17) is 4.74 Å². The summed E-state index contributed by atoms with van der Waals surface area (Å²) < 4.78 is 5.54. The van der Waals surface area contributed by atoms with Crippen molar-refractivity contribution in [1.82, 2.24) is 9.88 Å². The summed E-state index contributed by atoms with van der Waals surface area (Å²) in [4.78, 5) is 18.0. The molecule has 21 heavy (non-hydrogen) atoms. The highest BCUT2D eigenvalue weighted by atomic mass is 16.5. The molecule has 0 N–H and O–H groups in total. The first-order chi connectivity index (χ1) is 10.2. The maximum Gasteiger partial charge on any atom is 0.260 e. The molecule has 0 atom stereocenters. The van der Waals surface area contributed by atoms with E-state index in [0.29, 0.717) is 18.8 Å². The van der Waals surface area contributed by atoms with Gasteiger partial charge in [-0.3, -0.25) is 9.78 Å². The van der Waals surface area contributed by atoms with E-state index in [1.165, 1.54) is 5.56 Å². The van der Waals surface area contributed by atoms with E-state index in [1.54, 1.807) is 17.3 Å². The molecule has 0 saturated carbocycles. The first-order valence-electron chi connectivity index (χ1n) is 7.05. The van der Waals surface area contributed by atoms with Gasteiger partial charge in [-0.25, -0.2) is 0 Å². The number of hydrogen-bond donors (Lipinski definition) is 0. The van der Waals surface area contributed by atoms with E-state index < -0.39 is 0 Å². The van der Waals surface area contributed by atoms with Crippen LogP contribution >= 0.6 is 0 Å². The normalized spacial score (nSPS) is 10.2. The summed E-state index contributed by atoms with van der Waals surface area (Å²) in [6.45, 7) is 5.23. The predicted molar refractivity (Wildman–Crippen MR) is 82.0 cm³/mol. The standard InChI is InChI=1S/C17H20N2O2/c1-3-19(12-15-5-4-10-18-11-15)17(20)13-21-16-8-6-14(2)7-9-16/h4-11H,3,12-13H2,1-2H3. The van der Waals surface area contributed by atoms with Crippen molar-refractivity contribution in [2.45, 2.75) is 20.4 Å². The van der Waals surface area contributed by atoms with Crippen molar-refractivity contribution in [2.75, 3.05) is 13.2 Å². The van der Waals surface area contributed by atoms with Gasteiger partial charge in [-0.2, -0.15) is 0 Å². The molecule has 110 valence electrons. The number of hydrogen-bond acceptors (Lipinski definition) is 3. The number of amides is 1. The summed E-state index contributed by atoms with van der Waals surface area (Å²) >= 11 is 0. The van der Waals surface area contributed by atoms with Crippen LogP contribution in [0.3, 0.4) is 0 Å². The van der Waals surface area contributed by atoms with Gasteiger partial charge >= 0.3 is 0 Å². The molecule has 2 aromatic rings. The molecule has 0 unspecified atom stereocenters.